The minimum Gasteiger partial charge on any atom is -0.330 e. The van der Waals surface area contributed by atoms with Crippen LogP contribution < -0.4 is 10.6 Å². The first-order valence-corrected chi connectivity index (χ1v) is 5.71. The molecule has 0 amide bonds. The zero-order chi connectivity index (χ0) is 13.0. The zero-order valence-corrected chi connectivity index (χ0v) is 10.2. The fourth-order valence-electron chi connectivity index (χ4n) is 1.60. The molecule has 2 aromatic rings. The van der Waals surface area contributed by atoms with Crippen LogP contribution in [-0.4, -0.2) is 23.6 Å². The van der Waals surface area contributed by atoms with E-state index in [1.54, 1.807) is 29.4 Å². The van der Waals surface area contributed by atoms with Crippen LogP contribution in [0, 0.1) is 5.82 Å². The van der Waals surface area contributed by atoms with Crippen LogP contribution in [0.15, 0.2) is 36.7 Å². The molecule has 0 atom stereocenters. The molecule has 94 valence electrons. The number of halogens is 1. The van der Waals surface area contributed by atoms with Crippen LogP contribution in [0.3, 0.4) is 0 Å². The minimum atomic E-state index is -0.258. The summed E-state index contributed by atoms with van der Waals surface area (Å²) in [6, 6.07) is 6.20. The molecule has 1 aromatic heterocycles. The van der Waals surface area contributed by atoms with Gasteiger partial charge in [0.15, 0.2) is 0 Å². The van der Waals surface area contributed by atoms with Crippen molar-refractivity contribution in [3.8, 4) is 0 Å². The number of benzene rings is 1. The Hall–Kier alpha value is -2.01. The summed E-state index contributed by atoms with van der Waals surface area (Å²) in [5.41, 5.74) is 7.31. The molecule has 0 fully saturated rings. The minimum absolute atomic E-state index is 0.258. The molecule has 0 unspecified atom stereocenters. The van der Waals surface area contributed by atoms with Gasteiger partial charge in [-0.05, 0) is 42.8 Å². The summed E-state index contributed by atoms with van der Waals surface area (Å²) in [7, 11) is 1.84. The second-order valence-corrected chi connectivity index (χ2v) is 3.97. The second-order valence-electron chi connectivity index (χ2n) is 3.97. The third kappa shape index (κ3) is 2.81. The van der Waals surface area contributed by atoms with Crippen molar-refractivity contribution in [3.63, 3.8) is 0 Å². The van der Waals surface area contributed by atoms with E-state index in [-0.39, 0.29) is 5.82 Å². The van der Waals surface area contributed by atoms with E-state index < -0.39 is 0 Å². The van der Waals surface area contributed by atoms with Crippen molar-refractivity contribution >= 4 is 11.6 Å². The second kappa shape index (κ2) is 5.55. The summed E-state index contributed by atoms with van der Waals surface area (Å²) < 4.78 is 12.8. The molecular weight excluding hydrogens is 231 g/mol. The van der Waals surface area contributed by atoms with Crippen molar-refractivity contribution in [1.82, 2.24) is 9.97 Å². The van der Waals surface area contributed by atoms with Gasteiger partial charge < -0.3 is 10.6 Å². The van der Waals surface area contributed by atoms with Crippen molar-refractivity contribution in [2.75, 3.05) is 18.5 Å². The molecule has 1 heterocycles. The van der Waals surface area contributed by atoms with Crippen LogP contribution in [0.4, 0.5) is 16.0 Å². The van der Waals surface area contributed by atoms with Gasteiger partial charge in [0.25, 0.3) is 0 Å². The maximum atomic E-state index is 12.8. The van der Waals surface area contributed by atoms with Gasteiger partial charge >= 0.3 is 0 Å². The van der Waals surface area contributed by atoms with Crippen molar-refractivity contribution < 1.29 is 4.39 Å². The normalized spacial score (nSPS) is 10.4. The summed E-state index contributed by atoms with van der Waals surface area (Å²) in [6.45, 7) is 0.580. The summed E-state index contributed by atoms with van der Waals surface area (Å²) in [6.07, 6.45) is 4.28. The third-order valence-corrected chi connectivity index (χ3v) is 2.64. The number of hydrogen-bond donors (Lipinski definition) is 1. The van der Waals surface area contributed by atoms with Gasteiger partial charge in [-0.3, -0.25) is 0 Å². The number of rotatable bonds is 4. The van der Waals surface area contributed by atoms with Gasteiger partial charge in [0.1, 0.15) is 5.82 Å². The maximum Gasteiger partial charge on any atom is 0.229 e. The molecule has 2 N–H and O–H groups in total. The lowest BCUT2D eigenvalue weighted by molar-refractivity contribution is 0.628. The van der Waals surface area contributed by atoms with E-state index in [9.17, 15) is 4.39 Å². The number of nitrogens with two attached hydrogens (primary N) is 1. The molecule has 0 bridgehead atoms. The number of aromatic nitrogens is 2. The van der Waals surface area contributed by atoms with E-state index in [1.807, 2.05) is 7.05 Å². The van der Waals surface area contributed by atoms with E-state index in [0.29, 0.717) is 12.5 Å². The fraction of sp³-hybridized carbons (Fsp3) is 0.231. The number of nitrogens with zero attached hydrogens (tertiary/aromatic N) is 3. The Kier molecular flexibility index (Phi) is 3.84. The Labute approximate surface area is 105 Å². The summed E-state index contributed by atoms with van der Waals surface area (Å²) in [5.74, 6) is 0.314. The van der Waals surface area contributed by atoms with Crippen LogP contribution in [0.5, 0.6) is 0 Å². The van der Waals surface area contributed by atoms with Gasteiger partial charge in [0.2, 0.25) is 5.95 Å². The molecule has 0 saturated heterocycles. The molecule has 1 aromatic carbocycles. The molecule has 0 radical (unpaired) electrons. The van der Waals surface area contributed by atoms with E-state index in [4.69, 9.17) is 5.73 Å². The number of anilines is 2. The largest absolute Gasteiger partial charge is 0.330 e. The van der Waals surface area contributed by atoms with E-state index >= 15 is 0 Å². The van der Waals surface area contributed by atoms with Gasteiger partial charge in [-0.2, -0.15) is 0 Å². The highest BCUT2D eigenvalue weighted by molar-refractivity contribution is 5.55. The van der Waals surface area contributed by atoms with Crippen LogP contribution in [0.1, 0.15) is 5.56 Å². The lowest BCUT2D eigenvalue weighted by Gasteiger charge is -2.16. The average Bonchev–Trinajstić information content (AvgIpc) is 2.40. The predicted molar refractivity (Wildman–Crippen MR) is 69.3 cm³/mol. The lowest BCUT2D eigenvalue weighted by atomic mass is 10.2. The van der Waals surface area contributed by atoms with Crippen molar-refractivity contribution in [2.45, 2.75) is 6.42 Å². The van der Waals surface area contributed by atoms with E-state index in [2.05, 4.69) is 9.97 Å². The van der Waals surface area contributed by atoms with Crippen LogP contribution >= 0.6 is 0 Å². The van der Waals surface area contributed by atoms with Crippen molar-refractivity contribution in [1.29, 1.82) is 0 Å². The highest BCUT2D eigenvalue weighted by atomic mass is 19.1. The van der Waals surface area contributed by atoms with Crippen molar-refractivity contribution in [2.24, 2.45) is 5.73 Å². The molecule has 0 saturated carbocycles. The van der Waals surface area contributed by atoms with Gasteiger partial charge in [-0.1, -0.05) is 0 Å². The average molecular weight is 246 g/mol. The molecule has 18 heavy (non-hydrogen) atoms. The Balaban J connectivity index is 2.17. The van der Waals surface area contributed by atoms with E-state index in [1.165, 1.54) is 12.1 Å². The highest BCUT2D eigenvalue weighted by Gasteiger charge is 2.06. The summed E-state index contributed by atoms with van der Waals surface area (Å²) >= 11 is 0. The SMILES string of the molecule is CN(c1ccc(F)cc1)c1ncc(CCN)cn1. The maximum absolute atomic E-state index is 12.8. The lowest BCUT2D eigenvalue weighted by Crippen LogP contribution is -2.13. The van der Waals surface area contributed by atoms with Gasteiger partial charge in [-0.15, -0.1) is 0 Å². The number of hydrogen-bond acceptors (Lipinski definition) is 4. The van der Waals surface area contributed by atoms with Crippen LogP contribution in [0.25, 0.3) is 0 Å². The smallest absolute Gasteiger partial charge is 0.229 e. The molecule has 0 aliphatic heterocycles. The third-order valence-electron chi connectivity index (χ3n) is 2.64. The van der Waals surface area contributed by atoms with E-state index in [0.717, 1.165) is 17.7 Å². The van der Waals surface area contributed by atoms with Crippen LogP contribution in [-0.2, 0) is 6.42 Å². The fourth-order valence-corrected chi connectivity index (χ4v) is 1.60. The standard InChI is InChI=1S/C13H15FN4/c1-18(12-4-2-11(14)3-5-12)13-16-8-10(6-7-15)9-17-13/h2-5,8-9H,6-7,15H2,1H3. The van der Waals surface area contributed by atoms with Gasteiger partial charge in [-0.25, -0.2) is 14.4 Å². The quantitative estimate of drug-likeness (QED) is 0.895. The first-order chi connectivity index (χ1) is 8.70. The Bertz CT molecular complexity index is 495. The molecule has 4 nitrogen and oxygen atoms in total. The Morgan fingerprint density at radius 2 is 1.78 bits per heavy atom. The molecule has 0 aliphatic rings. The Morgan fingerprint density at radius 1 is 1.17 bits per heavy atom. The predicted octanol–water partition coefficient (Wildman–Crippen LogP) is 1.88. The molecule has 0 spiro atoms. The monoisotopic (exact) mass is 246 g/mol. The summed E-state index contributed by atoms with van der Waals surface area (Å²) in [4.78, 5) is 10.3. The van der Waals surface area contributed by atoms with Gasteiger partial charge in [0, 0.05) is 25.1 Å². The first-order valence-electron chi connectivity index (χ1n) is 5.71. The zero-order valence-electron chi connectivity index (χ0n) is 10.2. The molecule has 5 heteroatoms. The highest BCUT2D eigenvalue weighted by Crippen LogP contribution is 2.19. The topological polar surface area (TPSA) is 55.0 Å². The molecule has 0 aliphatic carbocycles. The van der Waals surface area contributed by atoms with Crippen LogP contribution in [0.2, 0.25) is 0 Å². The summed E-state index contributed by atoms with van der Waals surface area (Å²) in [5, 5.41) is 0. The molecular formula is C13H15FN4. The van der Waals surface area contributed by atoms with Crippen molar-refractivity contribution in [3.05, 3.63) is 48.0 Å². The Morgan fingerprint density at radius 3 is 2.33 bits per heavy atom. The first kappa shape index (κ1) is 12.4. The molecule has 2 rings (SSSR count). The van der Waals surface area contributed by atoms with Gasteiger partial charge in [0.05, 0.1) is 0 Å².